The van der Waals surface area contributed by atoms with E-state index in [4.69, 9.17) is 5.48 Å². The molecule has 0 bridgehead atoms. The first-order chi connectivity index (χ1) is 10.4. The van der Waals surface area contributed by atoms with E-state index in [1.165, 1.54) is 0 Å². The van der Waals surface area contributed by atoms with Gasteiger partial charge in [-0.3, -0.25) is 0 Å². The molecule has 0 aromatic heterocycles. The second-order valence-electron chi connectivity index (χ2n) is 6.69. The average Bonchev–Trinajstić information content (AvgIpc) is 2.40. The van der Waals surface area contributed by atoms with Gasteiger partial charge >= 0.3 is 0 Å². The van der Waals surface area contributed by atoms with Gasteiger partial charge in [0.1, 0.15) is 0 Å². The van der Waals surface area contributed by atoms with Crippen LogP contribution in [0, 0.1) is 13.8 Å². The van der Waals surface area contributed by atoms with Crippen LogP contribution < -0.4 is 0 Å². The van der Waals surface area contributed by atoms with E-state index in [1.54, 1.807) is 6.92 Å². The Balaban J connectivity index is 3.26. The molecule has 0 saturated carbocycles. The standard InChI is InChI=1S/C19H26/c1-12(2)16-11-18(19(5,6)7)14(4)17-10-13(3)8-9-15(16)17/h8-12H,1-7H3/i8D,9D,10D,11D. The smallest absolute Gasteiger partial charge is 0.0587 e. The molecule has 0 N–H and O–H groups in total. The minimum Gasteiger partial charge on any atom is -0.0587 e. The van der Waals surface area contributed by atoms with E-state index in [-0.39, 0.29) is 23.4 Å². The van der Waals surface area contributed by atoms with Gasteiger partial charge in [-0.05, 0) is 52.6 Å². The molecule has 0 saturated heterocycles. The van der Waals surface area contributed by atoms with E-state index < -0.39 is 0 Å². The molecule has 0 aliphatic heterocycles. The summed E-state index contributed by atoms with van der Waals surface area (Å²) in [5, 5.41) is 1.37. The Kier molecular flexibility index (Phi) is 2.35. The van der Waals surface area contributed by atoms with Crippen LogP contribution in [0.25, 0.3) is 10.8 Å². The van der Waals surface area contributed by atoms with Gasteiger partial charge in [-0.1, -0.05) is 64.4 Å². The van der Waals surface area contributed by atoms with Crippen LogP contribution in [0.5, 0.6) is 0 Å². The lowest BCUT2D eigenvalue weighted by molar-refractivity contribution is 0.585. The van der Waals surface area contributed by atoms with E-state index in [0.717, 1.165) is 22.1 Å². The summed E-state index contributed by atoms with van der Waals surface area (Å²) in [6, 6.07) is 1.04. The van der Waals surface area contributed by atoms with Crippen molar-refractivity contribution in [3.63, 3.8) is 0 Å². The molecule has 0 heteroatoms. The zero-order valence-electron chi connectivity index (χ0n) is 17.1. The molecule has 2 rings (SSSR count). The molecule has 0 nitrogen and oxygen atoms in total. The van der Waals surface area contributed by atoms with Crippen molar-refractivity contribution in [3.8, 4) is 0 Å². The summed E-state index contributed by atoms with van der Waals surface area (Å²) in [6.07, 6.45) is 0. The van der Waals surface area contributed by atoms with E-state index in [2.05, 4.69) is 20.8 Å². The third-order valence-corrected chi connectivity index (χ3v) is 3.54. The fraction of sp³-hybridized carbons (Fsp3) is 0.474. The molecule has 0 heterocycles. The Morgan fingerprint density at radius 1 is 1.00 bits per heavy atom. The van der Waals surface area contributed by atoms with E-state index in [1.807, 2.05) is 20.8 Å². The highest BCUT2D eigenvalue weighted by atomic mass is 14.2. The monoisotopic (exact) mass is 258 g/mol. The molecule has 0 fully saturated rings. The van der Waals surface area contributed by atoms with Crippen LogP contribution in [0.2, 0.25) is 0 Å². The lowest BCUT2D eigenvalue weighted by Gasteiger charge is -2.26. The van der Waals surface area contributed by atoms with Crippen LogP contribution in [0.15, 0.2) is 24.2 Å². The maximum Gasteiger partial charge on any atom is 0.0632 e. The normalized spacial score (nSPS) is 15.4. The number of aryl methyl sites for hydroxylation is 1. The zero-order chi connectivity index (χ0) is 17.9. The lowest BCUT2D eigenvalue weighted by atomic mass is 9.79. The molecule has 19 heavy (non-hydrogen) atoms. The third kappa shape index (κ3) is 2.54. The molecular formula is C19H26. The Bertz CT molecular complexity index is 796. The molecule has 0 radical (unpaired) electrons. The molecule has 102 valence electrons. The summed E-state index contributed by atoms with van der Waals surface area (Å²) < 4.78 is 33.8. The van der Waals surface area contributed by atoms with Crippen LogP contribution in [0.1, 0.15) is 68.3 Å². The zero-order valence-corrected chi connectivity index (χ0v) is 13.1. The SMILES string of the molecule is [2H]c1c(C)c([2H])c2c(C)c(C(C)(C)C)c([2H])c(C(C)C)c2c1[2H]. The molecule has 0 amide bonds. The molecule has 0 unspecified atom stereocenters. The van der Waals surface area contributed by atoms with Crippen molar-refractivity contribution in [2.45, 2.75) is 59.8 Å². The average molecular weight is 258 g/mol. The van der Waals surface area contributed by atoms with Gasteiger partial charge < -0.3 is 0 Å². The van der Waals surface area contributed by atoms with Crippen molar-refractivity contribution in [3.05, 3.63) is 46.4 Å². The Morgan fingerprint density at radius 3 is 2.16 bits per heavy atom. The van der Waals surface area contributed by atoms with Crippen LogP contribution in [-0.4, -0.2) is 0 Å². The molecule has 2 aromatic rings. The number of fused-ring (bicyclic) bond motifs is 1. The minimum atomic E-state index is -0.207. The van der Waals surface area contributed by atoms with Gasteiger partial charge in [0.2, 0.25) is 0 Å². The van der Waals surface area contributed by atoms with Gasteiger partial charge in [-0.25, -0.2) is 0 Å². The van der Waals surface area contributed by atoms with Crippen molar-refractivity contribution < 1.29 is 5.48 Å². The summed E-state index contributed by atoms with van der Waals surface area (Å²) in [6.45, 7) is 14.0. The molecule has 0 spiro atoms. The number of hydrogen-bond acceptors (Lipinski definition) is 0. The largest absolute Gasteiger partial charge is 0.0632 e. The number of benzene rings is 2. The Morgan fingerprint density at radius 2 is 1.63 bits per heavy atom. The van der Waals surface area contributed by atoms with Gasteiger partial charge in [0.05, 0.1) is 5.48 Å². The molecule has 0 atom stereocenters. The fourth-order valence-corrected chi connectivity index (χ4v) is 2.58. The summed E-state index contributed by atoms with van der Waals surface area (Å²) >= 11 is 0. The lowest BCUT2D eigenvalue weighted by Crippen LogP contribution is -2.14. The fourth-order valence-electron chi connectivity index (χ4n) is 2.58. The number of rotatable bonds is 1. The quantitative estimate of drug-likeness (QED) is 0.599. The maximum absolute atomic E-state index is 8.74. The highest BCUT2D eigenvalue weighted by Crippen LogP contribution is 2.36. The van der Waals surface area contributed by atoms with Gasteiger partial charge in [-0.15, -0.1) is 0 Å². The van der Waals surface area contributed by atoms with Crippen LogP contribution in [0.3, 0.4) is 0 Å². The van der Waals surface area contributed by atoms with E-state index >= 15 is 0 Å². The minimum absolute atomic E-state index is 0.0670. The summed E-state index contributed by atoms with van der Waals surface area (Å²) in [5.74, 6) is 0.0670. The van der Waals surface area contributed by atoms with Gasteiger partial charge in [0.15, 0.2) is 0 Å². The molecular weight excluding hydrogens is 228 g/mol. The Hall–Kier alpha value is -1.30. The molecule has 0 aliphatic carbocycles. The summed E-state index contributed by atoms with van der Waals surface area (Å²) in [5.41, 5.74) is 2.98. The first-order valence-corrected chi connectivity index (χ1v) is 6.94. The molecule has 2 aromatic carbocycles. The topological polar surface area (TPSA) is 0 Å². The van der Waals surface area contributed by atoms with Crippen LogP contribution in [0.4, 0.5) is 0 Å². The first kappa shape index (κ1) is 9.58. The van der Waals surface area contributed by atoms with Crippen molar-refractivity contribution >= 4 is 10.8 Å². The van der Waals surface area contributed by atoms with Crippen LogP contribution >= 0.6 is 0 Å². The third-order valence-electron chi connectivity index (χ3n) is 3.54. The second-order valence-corrected chi connectivity index (χ2v) is 6.69. The highest BCUT2D eigenvalue weighted by molar-refractivity contribution is 5.91. The van der Waals surface area contributed by atoms with Crippen molar-refractivity contribution in [2.24, 2.45) is 0 Å². The van der Waals surface area contributed by atoms with Crippen LogP contribution in [-0.2, 0) is 5.41 Å². The summed E-state index contributed by atoms with van der Waals surface area (Å²) in [7, 11) is 0. The molecule has 0 aliphatic rings. The van der Waals surface area contributed by atoms with Gasteiger partial charge in [-0.2, -0.15) is 0 Å². The summed E-state index contributed by atoms with van der Waals surface area (Å²) in [4.78, 5) is 0. The van der Waals surface area contributed by atoms with Crippen molar-refractivity contribution in [1.29, 1.82) is 0 Å². The first-order valence-electron chi connectivity index (χ1n) is 8.94. The number of hydrogen-bond donors (Lipinski definition) is 0. The predicted octanol–water partition coefficient (Wildman–Crippen LogP) is 5.88. The van der Waals surface area contributed by atoms with Crippen molar-refractivity contribution in [2.75, 3.05) is 0 Å². The van der Waals surface area contributed by atoms with Gasteiger partial charge in [0, 0.05) is 0 Å². The van der Waals surface area contributed by atoms with E-state index in [9.17, 15) is 0 Å². The van der Waals surface area contributed by atoms with Gasteiger partial charge in [0.25, 0.3) is 0 Å². The maximum atomic E-state index is 8.74. The van der Waals surface area contributed by atoms with Crippen molar-refractivity contribution in [1.82, 2.24) is 0 Å². The second kappa shape index (κ2) is 4.67. The Labute approximate surface area is 123 Å². The van der Waals surface area contributed by atoms with E-state index in [0.29, 0.717) is 23.0 Å². The highest BCUT2D eigenvalue weighted by Gasteiger charge is 2.20. The predicted molar refractivity (Wildman–Crippen MR) is 86.2 cm³/mol.